The molecule has 0 aliphatic heterocycles. The number of hydrogen-bond acceptors (Lipinski definition) is 3. The molecule has 1 atom stereocenters. The largest absolute Gasteiger partial charge is 0.324 e. The van der Waals surface area contributed by atoms with Gasteiger partial charge in [0.2, 0.25) is 0 Å². The van der Waals surface area contributed by atoms with Gasteiger partial charge in [-0.2, -0.15) is 0 Å². The molecule has 2 heterocycles. The first-order valence-electron chi connectivity index (χ1n) is 6.30. The normalized spacial score (nSPS) is 12.5. The monoisotopic (exact) mass is 249 g/mol. The molecule has 3 rings (SSSR count). The molecule has 2 N–H and O–H groups in total. The molecule has 0 saturated carbocycles. The molecule has 19 heavy (non-hydrogen) atoms. The van der Waals surface area contributed by atoms with Crippen LogP contribution in [0.15, 0.2) is 55.0 Å². The van der Waals surface area contributed by atoms with Gasteiger partial charge in [-0.1, -0.05) is 12.1 Å². The van der Waals surface area contributed by atoms with Gasteiger partial charge in [0.05, 0.1) is 5.52 Å². The van der Waals surface area contributed by atoms with E-state index in [1.54, 1.807) is 6.20 Å². The third-order valence-corrected chi connectivity index (χ3v) is 3.22. The van der Waals surface area contributed by atoms with E-state index in [2.05, 4.69) is 34.2 Å². The number of aromatic nitrogens is 2. The second-order valence-corrected chi connectivity index (χ2v) is 4.71. The fourth-order valence-corrected chi connectivity index (χ4v) is 2.12. The summed E-state index contributed by atoms with van der Waals surface area (Å²) in [7, 11) is 0. The van der Waals surface area contributed by atoms with Crippen molar-refractivity contribution in [2.24, 2.45) is 5.73 Å². The predicted molar refractivity (Wildman–Crippen MR) is 77.6 cm³/mol. The molecule has 0 radical (unpaired) electrons. The first kappa shape index (κ1) is 11.8. The quantitative estimate of drug-likeness (QED) is 0.758. The summed E-state index contributed by atoms with van der Waals surface area (Å²) in [5.41, 5.74) is 10.2. The zero-order chi connectivity index (χ0) is 13.2. The Labute approximate surface area is 112 Å². The Kier molecular flexibility index (Phi) is 2.97. The summed E-state index contributed by atoms with van der Waals surface area (Å²) < 4.78 is 0. The van der Waals surface area contributed by atoms with Gasteiger partial charge in [0.25, 0.3) is 0 Å². The predicted octanol–water partition coefficient (Wildman–Crippen LogP) is 3.32. The van der Waals surface area contributed by atoms with Gasteiger partial charge in [0.15, 0.2) is 0 Å². The van der Waals surface area contributed by atoms with E-state index in [9.17, 15) is 0 Å². The van der Waals surface area contributed by atoms with Gasteiger partial charge in [0.1, 0.15) is 0 Å². The molecule has 94 valence electrons. The van der Waals surface area contributed by atoms with Crippen LogP contribution in [0, 0.1) is 0 Å². The van der Waals surface area contributed by atoms with Crippen molar-refractivity contribution in [1.29, 1.82) is 0 Å². The van der Waals surface area contributed by atoms with Crippen molar-refractivity contribution in [3.63, 3.8) is 0 Å². The lowest BCUT2D eigenvalue weighted by Gasteiger charge is -2.08. The molecule has 3 aromatic rings. The lowest BCUT2D eigenvalue weighted by atomic mass is 10.0. The van der Waals surface area contributed by atoms with Gasteiger partial charge in [-0.3, -0.25) is 9.97 Å². The molecule has 3 heteroatoms. The van der Waals surface area contributed by atoms with Gasteiger partial charge < -0.3 is 5.73 Å². The zero-order valence-corrected chi connectivity index (χ0v) is 10.7. The van der Waals surface area contributed by atoms with Crippen LogP contribution in [0.2, 0.25) is 0 Å². The van der Waals surface area contributed by atoms with E-state index in [1.165, 1.54) is 0 Å². The molecular formula is C16H15N3. The standard InChI is InChI=1S/C16H15N3/c1-11(17)14-8-15(10-18-9-14)12-4-5-16-13(7-12)3-2-6-19-16/h2-11H,17H2,1H3. The van der Waals surface area contributed by atoms with E-state index >= 15 is 0 Å². The minimum atomic E-state index is -0.00502. The van der Waals surface area contributed by atoms with Crippen LogP contribution in [0.25, 0.3) is 22.0 Å². The molecule has 0 spiro atoms. The Morgan fingerprint density at radius 3 is 2.79 bits per heavy atom. The highest BCUT2D eigenvalue weighted by Crippen LogP contribution is 2.24. The molecule has 0 amide bonds. The molecule has 2 aromatic heterocycles. The Hall–Kier alpha value is -2.26. The Balaban J connectivity index is 2.11. The number of rotatable bonds is 2. The molecule has 0 aliphatic carbocycles. The average molecular weight is 249 g/mol. The van der Waals surface area contributed by atoms with Crippen LogP contribution in [-0.4, -0.2) is 9.97 Å². The fraction of sp³-hybridized carbons (Fsp3) is 0.125. The van der Waals surface area contributed by atoms with Crippen molar-refractivity contribution in [3.05, 3.63) is 60.6 Å². The fourth-order valence-electron chi connectivity index (χ4n) is 2.12. The van der Waals surface area contributed by atoms with Crippen LogP contribution >= 0.6 is 0 Å². The average Bonchev–Trinajstić information content (AvgIpc) is 2.47. The molecule has 1 aromatic carbocycles. The van der Waals surface area contributed by atoms with Crippen molar-refractivity contribution in [1.82, 2.24) is 9.97 Å². The molecule has 0 aliphatic rings. The number of nitrogens with zero attached hydrogens (tertiary/aromatic N) is 2. The first-order chi connectivity index (χ1) is 9.24. The Morgan fingerprint density at radius 2 is 1.95 bits per heavy atom. The molecular weight excluding hydrogens is 234 g/mol. The zero-order valence-electron chi connectivity index (χ0n) is 10.7. The maximum absolute atomic E-state index is 5.90. The van der Waals surface area contributed by atoms with Crippen molar-refractivity contribution >= 4 is 10.9 Å². The number of benzene rings is 1. The number of fused-ring (bicyclic) bond motifs is 1. The van der Waals surface area contributed by atoms with Gasteiger partial charge in [-0.05, 0) is 42.3 Å². The molecule has 0 saturated heterocycles. The summed E-state index contributed by atoms with van der Waals surface area (Å²) in [4.78, 5) is 8.59. The van der Waals surface area contributed by atoms with Crippen LogP contribution in [0.4, 0.5) is 0 Å². The van der Waals surface area contributed by atoms with Gasteiger partial charge in [0, 0.05) is 35.6 Å². The van der Waals surface area contributed by atoms with E-state index < -0.39 is 0 Å². The number of hydrogen-bond donors (Lipinski definition) is 1. The summed E-state index contributed by atoms with van der Waals surface area (Å²) in [6.45, 7) is 1.96. The van der Waals surface area contributed by atoms with E-state index in [1.807, 2.05) is 31.5 Å². The molecule has 3 nitrogen and oxygen atoms in total. The van der Waals surface area contributed by atoms with Crippen LogP contribution in [0.5, 0.6) is 0 Å². The number of pyridine rings is 2. The molecule has 0 bridgehead atoms. The maximum atomic E-state index is 5.90. The first-order valence-corrected chi connectivity index (χ1v) is 6.30. The van der Waals surface area contributed by atoms with E-state index in [4.69, 9.17) is 5.73 Å². The van der Waals surface area contributed by atoms with Gasteiger partial charge in [-0.25, -0.2) is 0 Å². The van der Waals surface area contributed by atoms with Gasteiger partial charge >= 0.3 is 0 Å². The minimum Gasteiger partial charge on any atom is -0.324 e. The highest BCUT2D eigenvalue weighted by Gasteiger charge is 2.04. The van der Waals surface area contributed by atoms with Gasteiger partial charge in [-0.15, -0.1) is 0 Å². The highest BCUT2D eigenvalue weighted by atomic mass is 14.7. The SMILES string of the molecule is CC(N)c1cncc(-c2ccc3ncccc3c2)c1. The molecule has 1 unspecified atom stereocenters. The van der Waals surface area contributed by atoms with Crippen LogP contribution < -0.4 is 5.73 Å². The van der Waals surface area contributed by atoms with E-state index in [0.717, 1.165) is 27.6 Å². The summed E-state index contributed by atoms with van der Waals surface area (Å²) in [6, 6.07) is 12.3. The summed E-state index contributed by atoms with van der Waals surface area (Å²) >= 11 is 0. The lowest BCUT2D eigenvalue weighted by Crippen LogP contribution is -2.05. The smallest absolute Gasteiger partial charge is 0.0702 e. The Morgan fingerprint density at radius 1 is 1.05 bits per heavy atom. The molecule has 0 fully saturated rings. The Bertz CT molecular complexity index is 720. The van der Waals surface area contributed by atoms with Crippen LogP contribution in [0.1, 0.15) is 18.5 Å². The van der Waals surface area contributed by atoms with Crippen molar-refractivity contribution in [2.45, 2.75) is 13.0 Å². The van der Waals surface area contributed by atoms with Crippen molar-refractivity contribution < 1.29 is 0 Å². The third kappa shape index (κ3) is 2.33. The second-order valence-electron chi connectivity index (χ2n) is 4.71. The topological polar surface area (TPSA) is 51.8 Å². The maximum Gasteiger partial charge on any atom is 0.0702 e. The van der Waals surface area contributed by atoms with Crippen LogP contribution in [-0.2, 0) is 0 Å². The third-order valence-electron chi connectivity index (χ3n) is 3.22. The summed E-state index contributed by atoms with van der Waals surface area (Å²) in [5.74, 6) is 0. The van der Waals surface area contributed by atoms with E-state index in [0.29, 0.717) is 0 Å². The van der Waals surface area contributed by atoms with Crippen LogP contribution in [0.3, 0.4) is 0 Å². The van der Waals surface area contributed by atoms with Crippen molar-refractivity contribution in [3.8, 4) is 11.1 Å². The minimum absolute atomic E-state index is 0.00502. The second kappa shape index (κ2) is 4.78. The van der Waals surface area contributed by atoms with E-state index in [-0.39, 0.29) is 6.04 Å². The summed E-state index contributed by atoms with van der Waals surface area (Å²) in [5, 5.41) is 1.13. The highest BCUT2D eigenvalue weighted by molar-refractivity contribution is 5.84. The van der Waals surface area contributed by atoms with Crippen molar-refractivity contribution in [2.75, 3.05) is 0 Å². The number of nitrogens with two attached hydrogens (primary N) is 1. The lowest BCUT2D eigenvalue weighted by molar-refractivity contribution is 0.812. The summed E-state index contributed by atoms with van der Waals surface area (Å²) in [6.07, 6.45) is 5.49.